The van der Waals surface area contributed by atoms with Crippen LogP contribution in [0.3, 0.4) is 0 Å². The Morgan fingerprint density at radius 2 is 2.07 bits per heavy atom. The maximum absolute atomic E-state index is 10.9. The van der Waals surface area contributed by atoms with E-state index in [9.17, 15) is 4.79 Å². The third-order valence-corrected chi connectivity index (χ3v) is 2.71. The fraction of sp³-hybridized carbons (Fsp3) is 0.900. The predicted octanol–water partition coefficient (Wildman–Crippen LogP) is 1.88. The normalized spacial score (nSPS) is 26.4. The van der Waals surface area contributed by atoms with Crippen LogP contribution in [0.4, 0.5) is 0 Å². The molecule has 1 aliphatic carbocycles. The minimum absolute atomic E-state index is 0. The van der Waals surface area contributed by atoms with Gasteiger partial charge in [0.05, 0.1) is 6.61 Å². The summed E-state index contributed by atoms with van der Waals surface area (Å²) in [6.07, 6.45) is 5.09. The lowest BCUT2D eigenvalue weighted by atomic mass is 9.86. The maximum Gasteiger partial charge on any atom is 0.305 e. The van der Waals surface area contributed by atoms with Gasteiger partial charge in [-0.1, -0.05) is 19.8 Å². The van der Waals surface area contributed by atoms with Gasteiger partial charge < -0.3 is 10.5 Å². The highest BCUT2D eigenvalue weighted by molar-refractivity contribution is 5.85. The summed E-state index contributed by atoms with van der Waals surface area (Å²) in [6, 6.07) is 0.235. The van der Waals surface area contributed by atoms with Gasteiger partial charge in [0.1, 0.15) is 0 Å². The molecule has 14 heavy (non-hydrogen) atoms. The molecule has 1 rings (SSSR count). The summed E-state index contributed by atoms with van der Waals surface area (Å²) in [7, 11) is 0. The van der Waals surface area contributed by atoms with Gasteiger partial charge in [-0.3, -0.25) is 4.79 Å². The first-order chi connectivity index (χ1) is 6.24. The van der Waals surface area contributed by atoms with Crippen molar-refractivity contribution >= 4 is 18.4 Å². The van der Waals surface area contributed by atoms with Crippen molar-refractivity contribution in [2.24, 2.45) is 11.7 Å². The second-order valence-corrected chi connectivity index (χ2v) is 3.74. The van der Waals surface area contributed by atoms with Crippen molar-refractivity contribution in [3.8, 4) is 0 Å². The van der Waals surface area contributed by atoms with E-state index in [-0.39, 0.29) is 24.4 Å². The minimum atomic E-state index is -0.113. The molecule has 4 heteroatoms. The van der Waals surface area contributed by atoms with Crippen LogP contribution in [-0.2, 0) is 9.53 Å². The molecule has 1 unspecified atom stereocenters. The van der Waals surface area contributed by atoms with Gasteiger partial charge in [0.25, 0.3) is 0 Å². The van der Waals surface area contributed by atoms with Crippen molar-refractivity contribution in [2.45, 2.75) is 45.1 Å². The summed E-state index contributed by atoms with van der Waals surface area (Å²) in [4.78, 5) is 10.9. The topological polar surface area (TPSA) is 52.3 Å². The lowest BCUT2D eigenvalue weighted by molar-refractivity contribution is -0.145. The van der Waals surface area contributed by atoms with Crippen molar-refractivity contribution in [1.82, 2.24) is 0 Å². The molecule has 0 radical (unpaired) electrons. The number of ether oxygens (including phenoxy) is 1. The zero-order valence-corrected chi connectivity index (χ0v) is 9.52. The van der Waals surface area contributed by atoms with E-state index >= 15 is 0 Å². The second-order valence-electron chi connectivity index (χ2n) is 3.74. The highest BCUT2D eigenvalue weighted by atomic mass is 35.5. The number of carbonyl (C=O) groups is 1. The Morgan fingerprint density at radius 3 is 2.64 bits per heavy atom. The fourth-order valence-corrected chi connectivity index (χ4v) is 1.75. The summed E-state index contributed by atoms with van der Waals surface area (Å²) in [5.74, 6) is 0.280. The van der Waals surface area contributed by atoms with Crippen molar-refractivity contribution in [2.75, 3.05) is 6.61 Å². The largest absolute Gasteiger partial charge is 0.465 e. The standard InChI is InChI=1S/C10H19NO2.ClH/c1-2-10(12)13-7-8-5-3-4-6-9(8)11;/h8-9H,2-7,11H2,1H3;1H/t8?,9-;/m0./s1. The average molecular weight is 222 g/mol. The van der Waals surface area contributed by atoms with Gasteiger partial charge in [-0.15, -0.1) is 12.4 Å². The van der Waals surface area contributed by atoms with Gasteiger partial charge >= 0.3 is 5.97 Å². The predicted molar refractivity (Wildman–Crippen MR) is 58.4 cm³/mol. The molecule has 0 aliphatic heterocycles. The Labute approximate surface area is 91.8 Å². The number of esters is 1. The molecule has 0 aromatic carbocycles. The highest BCUT2D eigenvalue weighted by Gasteiger charge is 2.22. The number of hydrogen-bond donors (Lipinski definition) is 1. The van der Waals surface area contributed by atoms with Gasteiger partial charge in [0.2, 0.25) is 0 Å². The molecule has 1 saturated carbocycles. The number of halogens is 1. The number of rotatable bonds is 3. The summed E-state index contributed by atoms with van der Waals surface area (Å²) in [6.45, 7) is 2.33. The molecule has 84 valence electrons. The molecule has 3 nitrogen and oxygen atoms in total. The molecule has 0 spiro atoms. The minimum Gasteiger partial charge on any atom is -0.465 e. The SMILES string of the molecule is CCC(=O)OCC1CCCC[C@@H]1N.Cl. The quantitative estimate of drug-likeness (QED) is 0.741. The van der Waals surface area contributed by atoms with E-state index in [0.29, 0.717) is 18.9 Å². The third kappa shape index (κ3) is 4.29. The van der Waals surface area contributed by atoms with Crippen LogP contribution < -0.4 is 5.73 Å². The maximum atomic E-state index is 10.9. The molecule has 0 amide bonds. The van der Waals surface area contributed by atoms with Crippen molar-refractivity contribution in [1.29, 1.82) is 0 Å². The summed E-state index contributed by atoms with van der Waals surface area (Å²) in [5, 5.41) is 0. The summed E-state index contributed by atoms with van der Waals surface area (Å²) < 4.78 is 5.08. The molecule has 0 heterocycles. The Bertz CT molecular complexity index is 176. The van der Waals surface area contributed by atoms with Gasteiger partial charge in [0, 0.05) is 18.4 Å². The summed E-state index contributed by atoms with van der Waals surface area (Å²) in [5.41, 5.74) is 5.92. The van der Waals surface area contributed by atoms with Gasteiger partial charge in [-0.05, 0) is 12.8 Å². The van der Waals surface area contributed by atoms with Gasteiger partial charge in [-0.2, -0.15) is 0 Å². The van der Waals surface area contributed by atoms with Crippen LogP contribution in [0.1, 0.15) is 39.0 Å². The lowest BCUT2D eigenvalue weighted by Gasteiger charge is -2.27. The van der Waals surface area contributed by atoms with Gasteiger partial charge in [-0.25, -0.2) is 0 Å². The molecule has 1 aliphatic rings. The lowest BCUT2D eigenvalue weighted by Crippen LogP contribution is -2.36. The Kier molecular flexibility index (Phi) is 6.93. The molecular weight excluding hydrogens is 202 g/mol. The van der Waals surface area contributed by atoms with E-state index in [1.807, 2.05) is 6.92 Å². The van der Waals surface area contributed by atoms with E-state index in [1.54, 1.807) is 0 Å². The van der Waals surface area contributed by atoms with Crippen LogP contribution in [0.25, 0.3) is 0 Å². The van der Waals surface area contributed by atoms with Crippen molar-refractivity contribution < 1.29 is 9.53 Å². The van der Waals surface area contributed by atoms with Crippen molar-refractivity contribution in [3.63, 3.8) is 0 Å². The highest BCUT2D eigenvalue weighted by Crippen LogP contribution is 2.23. The van der Waals surface area contributed by atoms with Crippen LogP contribution in [0.2, 0.25) is 0 Å². The molecule has 1 fully saturated rings. The van der Waals surface area contributed by atoms with Crippen molar-refractivity contribution in [3.05, 3.63) is 0 Å². The van der Waals surface area contributed by atoms with Crippen LogP contribution in [0.5, 0.6) is 0 Å². The zero-order valence-electron chi connectivity index (χ0n) is 8.70. The van der Waals surface area contributed by atoms with Gasteiger partial charge in [0.15, 0.2) is 0 Å². The van der Waals surface area contributed by atoms with Crippen LogP contribution >= 0.6 is 12.4 Å². The molecular formula is C10H20ClNO2. The number of hydrogen-bond acceptors (Lipinski definition) is 3. The summed E-state index contributed by atoms with van der Waals surface area (Å²) >= 11 is 0. The zero-order chi connectivity index (χ0) is 9.68. The molecule has 0 saturated heterocycles. The van der Waals surface area contributed by atoms with Crippen LogP contribution in [-0.4, -0.2) is 18.6 Å². The first-order valence-electron chi connectivity index (χ1n) is 5.15. The Balaban J connectivity index is 0.00000169. The van der Waals surface area contributed by atoms with Crippen LogP contribution in [0, 0.1) is 5.92 Å². The van der Waals surface area contributed by atoms with E-state index in [4.69, 9.17) is 10.5 Å². The van der Waals surface area contributed by atoms with E-state index in [2.05, 4.69) is 0 Å². The molecule has 0 aromatic rings. The monoisotopic (exact) mass is 221 g/mol. The Morgan fingerprint density at radius 1 is 1.43 bits per heavy atom. The average Bonchev–Trinajstić information content (AvgIpc) is 2.16. The van der Waals surface area contributed by atoms with E-state index in [1.165, 1.54) is 12.8 Å². The second kappa shape index (κ2) is 7.07. The van der Waals surface area contributed by atoms with Crippen LogP contribution in [0.15, 0.2) is 0 Å². The first kappa shape index (κ1) is 13.7. The molecule has 2 N–H and O–H groups in total. The van der Waals surface area contributed by atoms with E-state index in [0.717, 1.165) is 12.8 Å². The molecule has 0 bridgehead atoms. The fourth-order valence-electron chi connectivity index (χ4n) is 1.75. The first-order valence-corrected chi connectivity index (χ1v) is 5.15. The smallest absolute Gasteiger partial charge is 0.305 e. The molecule has 0 aromatic heterocycles. The third-order valence-electron chi connectivity index (χ3n) is 2.71. The molecule has 2 atom stereocenters. The van der Waals surface area contributed by atoms with E-state index < -0.39 is 0 Å². The Hall–Kier alpha value is -0.280. The number of nitrogens with two attached hydrogens (primary N) is 1. The number of carbonyl (C=O) groups excluding carboxylic acids is 1.